The summed E-state index contributed by atoms with van der Waals surface area (Å²) in [4.78, 5) is 0. The molecule has 1 atom stereocenters. The molecule has 0 bridgehead atoms. The van der Waals surface area contributed by atoms with Crippen LogP contribution in [0, 0.1) is 0 Å². The lowest BCUT2D eigenvalue weighted by molar-refractivity contribution is 0.195. The molecule has 0 aliphatic rings. The van der Waals surface area contributed by atoms with Crippen LogP contribution >= 0.6 is 47.8 Å². The van der Waals surface area contributed by atoms with Crippen molar-refractivity contribution in [1.82, 2.24) is 0 Å². The lowest BCUT2D eigenvalue weighted by Gasteiger charge is -2.14. The van der Waals surface area contributed by atoms with Crippen LogP contribution in [-0.4, -0.2) is 5.11 Å². The molecule has 1 unspecified atom stereocenters. The fourth-order valence-electron chi connectivity index (χ4n) is 1.62. The minimum Gasteiger partial charge on any atom is -0.456 e. The van der Waals surface area contributed by atoms with Gasteiger partial charge in [-0.15, -0.1) is 0 Å². The van der Waals surface area contributed by atoms with Crippen LogP contribution in [0.4, 0.5) is 0 Å². The third-order valence-corrected chi connectivity index (χ3v) is 4.14. The number of ether oxygens (including phenoxy) is 1. The van der Waals surface area contributed by atoms with Crippen molar-refractivity contribution >= 4 is 47.8 Å². The maximum absolute atomic E-state index is 9.80. The van der Waals surface area contributed by atoms with E-state index < -0.39 is 6.10 Å². The van der Waals surface area contributed by atoms with Crippen molar-refractivity contribution < 1.29 is 9.84 Å². The lowest BCUT2D eigenvalue weighted by atomic mass is 10.1. The Morgan fingerprint density at radius 1 is 0.947 bits per heavy atom. The zero-order chi connectivity index (χ0) is 14.0. The van der Waals surface area contributed by atoms with Gasteiger partial charge in [-0.25, -0.2) is 0 Å². The molecule has 0 amide bonds. The van der Waals surface area contributed by atoms with Gasteiger partial charge >= 0.3 is 0 Å². The maximum Gasteiger partial charge on any atom is 0.141 e. The number of hydrogen-bond acceptors (Lipinski definition) is 2. The van der Waals surface area contributed by atoms with Crippen LogP contribution in [0.5, 0.6) is 11.5 Å². The molecule has 0 fully saturated rings. The molecule has 0 aliphatic carbocycles. The van der Waals surface area contributed by atoms with Gasteiger partial charge in [0.2, 0.25) is 0 Å². The van der Waals surface area contributed by atoms with E-state index in [-0.39, 0.29) is 0 Å². The van der Waals surface area contributed by atoms with Gasteiger partial charge < -0.3 is 9.84 Å². The summed E-state index contributed by atoms with van der Waals surface area (Å²) in [6.07, 6.45) is -0.596. The van der Waals surface area contributed by atoms with Crippen LogP contribution in [0.25, 0.3) is 0 Å². The molecule has 0 spiro atoms. The number of rotatable bonds is 3. The molecular weight excluding hydrogens is 440 g/mol. The predicted octanol–water partition coefficient (Wildman–Crippen LogP) is 5.82. The summed E-state index contributed by atoms with van der Waals surface area (Å²) in [5, 5.41) is 9.80. The van der Waals surface area contributed by atoms with E-state index in [1.807, 2.05) is 36.4 Å². The molecule has 2 aromatic carbocycles. The second kappa shape index (κ2) is 6.39. The van der Waals surface area contributed by atoms with Crippen molar-refractivity contribution in [3.8, 4) is 11.5 Å². The van der Waals surface area contributed by atoms with E-state index in [1.165, 1.54) is 0 Å². The van der Waals surface area contributed by atoms with Crippen LogP contribution in [0.1, 0.15) is 18.6 Å². The Bertz CT molecular complexity index is 597. The minimum absolute atomic E-state index is 0.596. The number of halogens is 3. The van der Waals surface area contributed by atoms with Crippen molar-refractivity contribution in [3.05, 3.63) is 55.4 Å². The molecular formula is C14H11Br3O2. The highest BCUT2D eigenvalue weighted by molar-refractivity contribution is 9.11. The number of hydrogen-bond donors (Lipinski definition) is 1. The normalized spacial score (nSPS) is 12.3. The zero-order valence-electron chi connectivity index (χ0n) is 10.0. The fraction of sp³-hybridized carbons (Fsp3) is 0.143. The number of benzene rings is 2. The highest BCUT2D eigenvalue weighted by Gasteiger charge is 2.12. The van der Waals surface area contributed by atoms with Gasteiger partial charge in [-0.05, 0) is 59.3 Å². The fourth-order valence-corrected chi connectivity index (χ4v) is 3.12. The molecule has 2 rings (SSSR count). The van der Waals surface area contributed by atoms with E-state index in [1.54, 1.807) is 6.92 Å². The van der Waals surface area contributed by atoms with Gasteiger partial charge in [0.15, 0.2) is 0 Å². The van der Waals surface area contributed by atoms with Gasteiger partial charge in [-0.3, -0.25) is 0 Å². The Hall–Kier alpha value is -0.360. The van der Waals surface area contributed by atoms with Crippen molar-refractivity contribution in [2.24, 2.45) is 0 Å². The van der Waals surface area contributed by atoms with Crippen molar-refractivity contribution in [3.63, 3.8) is 0 Å². The lowest BCUT2D eigenvalue weighted by Crippen LogP contribution is -1.96. The second-order valence-corrected chi connectivity index (χ2v) is 6.72. The second-order valence-electron chi connectivity index (χ2n) is 4.03. The molecule has 0 saturated heterocycles. The molecule has 0 aliphatic heterocycles. The van der Waals surface area contributed by atoms with E-state index in [9.17, 15) is 5.11 Å². The average Bonchev–Trinajstić information content (AvgIpc) is 2.34. The van der Waals surface area contributed by atoms with Gasteiger partial charge in [0.05, 0.1) is 10.6 Å². The molecule has 5 heteroatoms. The molecule has 2 aromatic rings. The van der Waals surface area contributed by atoms with Crippen LogP contribution in [0.15, 0.2) is 49.8 Å². The summed E-state index contributed by atoms with van der Waals surface area (Å²) in [5.74, 6) is 1.34. The largest absolute Gasteiger partial charge is 0.456 e. The van der Waals surface area contributed by atoms with E-state index >= 15 is 0 Å². The summed E-state index contributed by atoms with van der Waals surface area (Å²) in [6.45, 7) is 1.71. The Balaban J connectivity index is 2.38. The summed E-state index contributed by atoms with van der Waals surface area (Å²) < 4.78 is 8.59. The van der Waals surface area contributed by atoms with E-state index in [4.69, 9.17) is 4.74 Å². The molecule has 0 aromatic heterocycles. The van der Waals surface area contributed by atoms with Gasteiger partial charge in [0, 0.05) is 14.5 Å². The van der Waals surface area contributed by atoms with Crippen molar-refractivity contribution in [2.45, 2.75) is 13.0 Å². The quantitative estimate of drug-likeness (QED) is 0.638. The predicted molar refractivity (Wildman–Crippen MR) is 86.7 cm³/mol. The first-order chi connectivity index (χ1) is 8.97. The first-order valence-corrected chi connectivity index (χ1v) is 7.95. The van der Waals surface area contributed by atoms with Crippen LogP contribution in [-0.2, 0) is 0 Å². The smallest absolute Gasteiger partial charge is 0.141 e. The molecule has 2 nitrogen and oxygen atoms in total. The summed E-state index contributed by atoms with van der Waals surface area (Å²) in [6, 6.07) is 11.3. The summed E-state index contributed by atoms with van der Waals surface area (Å²) in [5.41, 5.74) is 0.740. The van der Waals surface area contributed by atoms with Gasteiger partial charge in [-0.2, -0.15) is 0 Å². The van der Waals surface area contributed by atoms with Gasteiger partial charge in [-0.1, -0.05) is 31.9 Å². The maximum atomic E-state index is 9.80. The average molecular weight is 451 g/mol. The first-order valence-electron chi connectivity index (χ1n) is 5.58. The van der Waals surface area contributed by atoms with E-state index in [2.05, 4.69) is 47.8 Å². The zero-order valence-corrected chi connectivity index (χ0v) is 14.8. The summed E-state index contributed by atoms with van der Waals surface area (Å²) >= 11 is 10.2. The first kappa shape index (κ1) is 15.0. The Morgan fingerprint density at radius 2 is 1.53 bits per heavy atom. The molecule has 100 valence electrons. The highest BCUT2D eigenvalue weighted by Crippen LogP contribution is 2.36. The minimum atomic E-state index is -0.596. The van der Waals surface area contributed by atoms with Crippen molar-refractivity contribution in [1.29, 1.82) is 0 Å². The van der Waals surface area contributed by atoms with E-state index in [0.717, 1.165) is 19.0 Å². The summed E-state index contributed by atoms with van der Waals surface area (Å²) in [7, 11) is 0. The third kappa shape index (κ3) is 3.81. The van der Waals surface area contributed by atoms with Gasteiger partial charge in [0.25, 0.3) is 0 Å². The Labute approximate surface area is 137 Å². The van der Waals surface area contributed by atoms with E-state index in [0.29, 0.717) is 11.5 Å². The van der Waals surface area contributed by atoms with Crippen LogP contribution in [0.3, 0.4) is 0 Å². The molecule has 0 radical (unpaired) electrons. The van der Waals surface area contributed by atoms with Crippen molar-refractivity contribution in [2.75, 3.05) is 0 Å². The highest BCUT2D eigenvalue weighted by atomic mass is 79.9. The number of aliphatic hydroxyl groups excluding tert-OH is 1. The van der Waals surface area contributed by atoms with Crippen LogP contribution in [0.2, 0.25) is 0 Å². The molecule has 0 heterocycles. The van der Waals surface area contributed by atoms with Crippen LogP contribution < -0.4 is 4.74 Å². The molecule has 19 heavy (non-hydrogen) atoms. The Morgan fingerprint density at radius 3 is 2.11 bits per heavy atom. The monoisotopic (exact) mass is 448 g/mol. The number of aliphatic hydroxyl groups is 1. The standard InChI is InChI=1S/C14H11Br3O2/c1-8(18)11-6-9(15)2-4-13(11)19-14-5-3-10(16)7-12(14)17/h2-8,18H,1H3. The third-order valence-electron chi connectivity index (χ3n) is 2.54. The SMILES string of the molecule is CC(O)c1cc(Br)ccc1Oc1ccc(Br)cc1Br. The molecule has 0 saturated carbocycles. The topological polar surface area (TPSA) is 29.5 Å². The Kier molecular flexibility index (Phi) is 5.06. The van der Waals surface area contributed by atoms with Gasteiger partial charge in [0.1, 0.15) is 11.5 Å². The molecule has 1 N–H and O–H groups in total.